The molecule has 0 radical (unpaired) electrons. The van der Waals surface area contributed by atoms with Gasteiger partial charge in [-0.2, -0.15) is 0 Å². The fraction of sp³-hybridized carbons (Fsp3) is 0.0714. The molecule has 2 nitrogen and oxygen atoms in total. The molecule has 0 aliphatic rings. The van der Waals surface area contributed by atoms with Crippen molar-refractivity contribution < 1.29 is 9.21 Å². The number of thiophene rings is 1. The topological polar surface area (TPSA) is 30.2 Å². The molecule has 1 aromatic carbocycles. The normalized spacial score (nSPS) is 11.1. The van der Waals surface area contributed by atoms with E-state index in [1.165, 1.54) is 11.3 Å². The number of carbonyl (C=O) groups excluding carboxylic acids is 1. The molecule has 96 valence electrons. The molecule has 0 bridgehead atoms. The second kappa shape index (κ2) is 4.89. The molecule has 0 aliphatic carbocycles. The molecule has 3 aromatic rings. The van der Waals surface area contributed by atoms with E-state index in [9.17, 15) is 4.79 Å². The molecular weight excluding hydrogens is 392 g/mol. The Bertz CT molecular complexity index is 786. The van der Waals surface area contributed by atoms with Gasteiger partial charge >= 0.3 is 0 Å². The third-order valence-electron chi connectivity index (χ3n) is 2.90. The van der Waals surface area contributed by atoms with Crippen molar-refractivity contribution in [1.29, 1.82) is 0 Å². The number of halogens is 2. The van der Waals surface area contributed by atoms with E-state index in [0.29, 0.717) is 10.6 Å². The van der Waals surface area contributed by atoms with Gasteiger partial charge in [-0.25, -0.2) is 0 Å². The molecule has 0 N–H and O–H groups in total. The van der Waals surface area contributed by atoms with E-state index in [2.05, 4.69) is 31.9 Å². The van der Waals surface area contributed by atoms with Gasteiger partial charge in [0, 0.05) is 15.4 Å². The molecule has 5 heteroatoms. The Kier molecular flexibility index (Phi) is 3.37. The van der Waals surface area contributed by atoms with Crippen LogP contribution in [-0.4, -0.2) is 5.78 Å². The molecule has 2 heterocycles. The minimum atomic E-state index is -0.0690. The quantitative estimate of drug-likeness (QED) is 0.528. The molecule has 0 spiro atoms. The number of benzene rings is 1. The first kappa shape index (κ1) is 13.1. The van der Waals surface area contributed by atoms with E-state index in [4.69, 9.17) is 4.42 Å². The zero-order valence-corrected chi connectivity index (χ0v) is 13.9. The van der Waals surface area contributed by atoms with Crippen molar-refractivity contribution in [3.63, 3.8) is 0 Å². The van der Waals surface area contributed by atoms with Crippen LogP contribution in [0.4, 0.5) is 0 Å². The van der Waals surface area contributed by atoms with E-state index in [1.54, 1.807) is 6.07 Å². The Hall–Kier alpha value is -0.910. The van der Waals surface area contributed by atoms with Gasteiger partial charge in [0.05, 0.1) is 8.66 Å². The van der Waals surface area contributed by atoms with Crippen LogP contribution in [-0.2, 0) is 0 Å². The first-order valence-electron chi connectivity index (χ1n) is 5.55. The molecule has 0 aliphatic heterocycles. The van der Waals surface area contributed by atoms with Gasteiger partial charge in [0.25, 0.3) is 0 Å². The number of rotatable bonds is 2. The summed E-state index contributed by atoms with van der Waals surface area (Å²) in [7, 11) is 0. The van der Waals surface area contributed by atoms with E-state index >= 15 is 0 Å². The Morgan fingerprint density at radius 2 is 2.00 bits per heavy atom. The molecular formula is C14H8Br2O2S. The van der Waals surface area contributed by atoms with Crippen LogP contribution < -0.4 is 0 Å². The lowest BCUT2D eigenvalue weighted by molar-refractivity contribution is 0.101. The van der Waals surface area contributed by atoms with Crippen molar-refractivity contribution in [2.75, 3.05) is 0 Å². The van der Waals surface area contributed by atoms with Gasteiger partial charge in [-0.1, -0.05) is 15.9 Å². The van der Waals surface area contributed by atoms with Crippen LogP contribution in [0.2, 0.25) is 0 Å². The zero-order chi connectivity index (χ0) is 13.6. The maximum atomic E-state index is 12.4. The average molecular weight is 400 g/mol. The van der Waals surface area contributed by atoms with Crippen molar-refractivity contribution in [2.45, 2.75) is 6.92 Å². The summed E-state index contributed by atoms with van der Waals surface area (Å²) in [6.07, 6.45) is 0. The Morgan fingerprint density at radius 1 is 1.21 bits per heavy atom. The summed E-state index contributed by atoms with van der Waals surface area (Å²) >= 11 is 8.18. The van der Waals surface area contributed by atoms with Gasteiger partial charge in [-0.15, -0.1) is 11.3 Å². The summed E-state index contributed by atoms with van der Waals surface area (Å²) in [6.45, 7) is 1.91. The highest BCUT2D eigenvalue weighted by Crippen LogP contribution is 2.31. The lowest BCUT2D eigenvalue weighted by atomic mass is 10.1. The lowest BCUT2D eigenvalue weighted by Crippen LogP contribution is -1.98. The fourth-order valence-corrected chi connectivity index (χ4v) is 3.63. The molecule has 0 amide bonds. The third-order valence-corrected chi connectivity index (χ3v) is 5.02. The number of furan rings is 1. The van der Waals surface area contributed by atoms with E-state index in [0.717, 1.165) is 24.8 Å². The van der Waals surface area contributed by atoms with Crippen LogP contribution in [0.1, 0.15) is 21.0 Å². The maximum absolute atomic E-state index is 12.4. The second-order valence-corrected chi connectivity index (χ2v) is 7.51. The minimum Gasteiger partial charge on any atom is -0.452 e. The molecule has 0 unspecified atom stereocenters. The Labute approximate surface area is 130 Å². The van der Waals surface area contributed by atoms with Crippen LogP contribution in [0.15, 0.2) is 43.0 Å². The third kappa shape index (κ3) is 2.30. The van der Waals surface area contributed by atoms with E-state index < -0.39 is 0 Å². The van der Waals surface area contributed by atoms with Crippen LogP contribution >= 0.6 is 43.2 Å². The van der Waals surface area contributed by atoms with E-state index in [1.807, 2.05) is 31.2 Å². The molecule has 0 atom stereocenters. The monoisotopic (exact) mass is 398 g/mol. The van der Waals surface area contributed by atoms with Gasteiger partial charge in [0.1, 0.15) is 5.58 Å². The van der Waals surface area contributed by atoms with Crippen LogP contribution in [0, 0.1) is 6.92 Å². The molecule has 2 aromatic heterocycles. The van der Waals surface area contributed by atoms with Crippen molar-refractivity contribution in [3.05, 3.63) is 54.8 Å². The van der Waals surface area contributed by atoms with Crippen molar-refractivity contribution in [2.24, 2.45) is 0 Å². The number of hydrogen-bond acceptors (Lipinski definition) is 3. The van der Waals surface area contributed by atoms with E-state index in [-0.39, 0.29) is 5.78 Å². The number of fused-ring (bicyclic) bond motifs is 1. The highest BCUT2D eigenvalue weighted by atomic mass is 79.9. The van der Waals surface area contributed by atoms with Gasteiger partial charge in [0.15, 0.2) is 5.76 Å². The summed E-state index contributed by atoms with van der Waals surface area (Å²) in [5.41, 5.74) is 1.61. The summed E-state index contributed by atoms with van der Waals surface area (Å²) in [5, 5.41) is 0.974. The lowest BCUT2D eigenvalue weighted by Gasteiger charge is -1.94. The molecule has 3 rings (SSSR count). The summed E-state index contributed by atoms with van der Waals surface area (Å²) in [6, 6.07) is 9.45. The summed E-state index contributed by atoms with van der Waals surface area (Å²) in [4.78, 5) is 13.1. The Balaban J connectivity index is 2.15. The van der Waals surface area contributed by atoms with Crippen LogP contribution in [0.3, 0.4) is 0 Å². The first-order valence-corrected chi connectivity index (χ1v) is 7.95. The average Bonchev–Trinajstić information content (AvgIpc) is 2.93. The fourth-order valence-electron chi connectivity index (χ4n) is 1.96. The first-order chi connectivity index (χ1) is 9.06. The number of carbonyl (C=O) groups is 1. The second-order valence-electron chi connectivity index (χ2n) is 4.13. The smallest absolute Gasteiger partial charge is 0.238 e. The SMILES string of the molecule is Cc1c(C(=O)c2ccc(Br)s2)oc2cc(Br)ccc12. The van der Waals surface area contributed by atoms with Crippen molar-refractivity contribution in [3.8, 4) is 0 Å². The summed E-state index contributed by atoms with van der Waals surface area (Å²) in [5.74, 6) is 0.350. The zero-order valence-electron chi connectivity index (χ0n) is 9.87. The number of ketones is 1. The molecule has 0 fully saturated rings. The van der Waals surface area contributed by atoms with Gasteiger partial charge in [-0.3, -0.25) is 4.79 Å². The summed E-state index contributed by atoms with van der Waals surface area (Å²) < 4.78 is 7.59. The Morgan fingerprint density at radius 3 is 2.68 bits per heavy atom. The van der Waals surface area contributed by atoms with Crippen molar-refractivity contribution in [1.82, 2.24) is 0 Å². The van der Waals surface area contributed by atoms with Gasteiger partial charge in [-0.05, 0) is 53.2 Å². The van der Waals surface area contributed by atoms with Gasteiger partial charge < -0.3 is 4.42 Å². The maximum Gasteiger partial charge on any atom is 0.238 e. The number of aryl methyl sites for hydroxylation is 1. The highest BCUT2D eigenvalue weighted by molar-refractivity contribution is 9.11. The predicted octanol–water partition coefficient (Wildman–Crippen LogP) is 5.56. The molecule has 19 heavy (non-hydrogen) atoms. The largest absolute Gasteiger partial charge is 0.452 e. The number of hydrogen-bond donors (Lipinski definition) is 0. The minimum absolute atomic E-state index is 0.0690. The van der Waals surface area contributed by atoms with Crippen LogP contribution in [0.25, 0.3) is 11.0 Å². The van der Waals surface area contributed by atoms with Crippen molar-refractivity contribution >= 4 is 59.9 Å². The van der Waals surface area contributed by atoms with Gasteiger partial charge in [0.2, 0.25) is 5.78 Å². The standard InChI is InChI=1S/C14H8Br2O2S/c1-7-9-3-2-8(15)6-10(9)18-14(7)13(17)11-4-5-12(16)19-11/h2-6H,1H3. The predicted molar refractivity (Wildman–Crippen MR) is 84.1 cm³/mol. The van der Waals surface area contributed by atoms with Crippen LogP contribution in [0.5, 0.6) is 0 Å². The molecule has 0 saturated heterocycles. The molecule has 0 saturated carbocycles. The highest BCUT2D eigenvalue weighted by Gasteiger charge is 2.20.